The maximum Gasteiger partial charge on any atom is 0.339 e. The Kier molecular flexibility index (Phi) is 5.44. The van der Waals surface area contributed by atoms with Crippen molar-refractivity contribution in [2.75, 3.05) is 5.73 Å². The molecule has 4 N–H and O–H groups in total. The molecule has 1 aliphatic carbocycles. The minimum absolute atomic E-state index is 0.210. The number of rotatable bonds is 2. The van der Waals surface area contributed by atoms with Gasteiger partial charge in [-0.3, -0.25) is 0 Å². The molecule has 2 aliphatic heterocycles. The lowest BCUT2D eigenvalue weighted by Crippen LogP contribution is -2.50. The summed E-state index contributed by atoms with van der Waals surface area (Å²) < 4.78 is 16.3. The Morgan fingerprint density at radius 1 is 1.36 bits per heavy atom. The monoisotopic (exact) mass is 455 g/mol. The molecule has 3 aliphatic rings. The minimum atomic E-state index is -1.66. The first-order valence-corrected chi connectivity index (χ1v) is 9.74. The van der Waals surface area contributed by atoms with Crippen molar-refractivity contribution in [3.63, 3.8) is 0 Å². The van der Waals surface area contributed by atoms with E-state index < -0.39 is 47.9 Å². The van der Waals surface area contributed by atoms with E-state index in [1.807, 2.05) is 13.8 Å². The van der Waals surface area contributed by atoms with Crippen LogP contribution in [0.25, 0.3) is 0 Å². The molecular formula is C19H22BrNO7. The molecule has 1 saturated carbocycles. The van der Waals surface area contributed by atoms with Gasteiger partial charge < -0.3 is 30.2 Å². The number of carbonyl (C=O) groups excluding carboxylic acids is 2. The fourth-order valence-electron chi connectivity index (χ4n) is 3.99. The van der Waals surface area contributed by atoms with E-state index in [1.54, 1.807) is 12.1 Å². The van der Waals surface area contributed by atoms with Crippen molar-refractivity contribution in [2.45, 2.75) is 44.9 Å². The summed E-state index contributed by atoms with van der Waals surface area (Å²) in [6, 6.07) is 4.58. The van der Waals surface area contributed by atoms with E-state index in [0.717, 1.165) is 6.26 Å². The Bertz CT molecular complexity index is 838. The number of benzene rings is 1. The Balaban J connectivity index is 0.00000109. The van der Waals surface area contributed by atoms with Gasteiger partial charge in [-0.15, -0.1) is 0 Å². The summed E-state index contributed by atoms with van der Waals surface area (Å²) in [7, 11) is 0. The third-order valence-corrected chi connectivity index (χ3v) is 5.87. The van der Waals surface area contributed by atoms with Gasteiger partial charge in [-0.2, -0.15) is 0 Å². The molecule has 6 atom stereocenters. The molecule has 28 heavy (non-hydrogen) atoms. The molecule has 9 heteroatoms. The maximum atomic E-state index is 12.6. The smallest absolute Gasteiger partial charge is 0.339 e. The first kappa shape index (κ1) is 20.6. The van der Waals surface area contributed by atoms with Crippen LogP contribution in [0.1, 0.15) is 31.1 Å². The number of hydrogen-bond donors (Lipinski definition) is 3. The predicted octanol–water partition coefficient (Wildman–Crippen LogP) is 1.74. The number of ether oxygens (including phenoxy) is 3. The second-order valence-corrected chi connectivity index (χ2v) is 7.67. The zero-order chi connectivity index (χ0) is 20.8. The average molecular weight is 456 g/mol. The fourth-order valence-corrected chi connectivity index (χ4v) is 4.55. The van der Waals surface area contributed by atoms with E-state index >= 15 is 0 Å². The number of nitrogens with two attached hydrogens (primary N) is 1. The van der Waals surface area contributed by atoms with Crippen molar-refractivity contribution in [1.82, 2.24) is 0 Å². The van der Waals surface area contributed by atoms with Crippen LogP contribution in [0.4, 0.5) is 5.69 Å². The highest BCUT2D eigenvalue weighted by Gasteiger charge is 2.69. The van der Waals surface area contributed by atoms with Crippen LogP contribution in [0.5, 0.6) is 0 Å². The summed E-state index contributed by atoms with van der Waals surface area (Å²) in [5.74, 6) is -2.81. The quantitative estimate of drug-likeness (QED) is 0.454. The van der Waals surface area contributed by atoms with Crippen LogP contribution in [0.15, 0.2) is 34.5 Å². The molecule has 0 radical (unpaired) electrons. The number of carbonyl (C=O) groups is 2. The fraction of sp³-hybridized carbons (Fsp3) is 0.474. The first-order chi connectivity index (χ1) is 13.2. The molecule has 0 amide bonds. The second-order valence-electron chi connectivity index (χ2n) is 6.81. The van der Waals surface area contributed by atoms with Crippen LogP contribution >= 0.6 is 15.9 Å². The number of aliphatic hydroxyl groups excluding tert-OH is 1. The van der Waals surface area contributed by atoms with Gasteiger partial charge in [0.25, 0.3) is 0 Å². The topological polar surface area (TPSA) is 128 Å². The van der Waals surface area contributed by atoms with Crippen molar-refractivity contribution in [2.24, 2.45) is 11.8 Å². The molecule has 4 rings (SSSR count). The van der Waals surface area contributed by atoms with Gasteiger partial charge in [0, 0.05) is 16.1 Å². The van der Waals surface area contributed by atoms with Crippen LogP contribution < -0.4 is 5.73 Å². The minimum Gasteiger partial charge on any atom is -0.472 e. The van der Waals surface area contributed by atoms with E-state index in [4.69, 9.17) is 19.9 Å². The highest BCUT2D eigenvalue weighted by Crippen LogP contribution is 2.54. The van der Waals surface area contributed by atoms with Crippen LogP contribution in [0.3, 0.4) is 0 Å². The highest BCUT2D eigenvalue weighted by atomic mass is 79.9. The van der Waals surface area contributed by atoms with Crippen LogP contribution in [-0.2, 0) is 19.0 Å². The highest BCUT2D eigenvalue weighted by molar-refractivity contribution is 9.10. The molecule has 1 aromatic rings. The van der Waals surface area contributed by atoms with E-state index in [1.165, 1.54) is 13.0 Å². The molecule has 0 aromatic heterocycles. The molecular weight excluding hydrogens is 434 g/mol. The number of esters is 2. The molecule has 0 bridgehead atoms. The van der Waals surface area contributed by atoms with Gasteiger partial charge in [-0.25, -0.2) is 9.59 Å². The Labute approximate surface area is 170 Å². The van der Waals surface area contributed by atoms with E-state index in [-0.39, 0.29) is 11.1 Å². The third-order valence-electron chi connectivity index (χ3n) is 5.22. The van der Waals surface area contributed by atoms with Crippen LogP contribution in [0.2, 0.25) is 0 Å². The molecule has 1 aromatic carbocycles. The normalized spacial score (nSPS) is 35.0. The summed E-state index contributed by atoms with van der Waals surface area (Å²) in [6.45, 7) is 5.43. The average Bonchev–Trinajstić information content (AvgIpc) is 3.06. The zero-order valence-corrected chi connectivity index (χ0v) is 17.2. The van der Waals surface area contributed by atoms with Gasteiger partial charge in [-0.1, -0.05) is 13.8 Å². The van der Waals surface area contributed by atoms with Gasteiger partial charge >= 0.3 is 11.9 Å². The van der Waals surface area contributed by atoms with Crippen molar-refractivity contribution in [3.8, 4) is 0 Å². The molecule has 152 valence electrons. The molecule has 8 nitrogen and oxygen atoms in total. The van der Waals surface area contributed by atoms with Crippen molar-refractivity contribution in [1.29, 1.82) is 0 Å². The number of hydrogen-bond acceptors (Lipinski definition) is 8. The predicted molar refractivity (Wildman–Crippen MR) is 102 cm³/mol. The van der Waals surface area contributed by atoms with Gasteiger partial charge in [0.15, 0.2) is 6.10 Å². The summed E-state index contributed by atoms with van der Waals surface area (Å²) in [4.78, 5) is 24.6. The summed E-state index contributed by atoms with van der Waals surface area (Å²) >= 11 is 3.25. The molecule has 1 unspecified atom stereocenters. The molecule has 1 saturated heterocycles. The van der Waals surface area contributed by atoms with Crippen molar-refractivity contribution in [3.05, 3.63) is 40.1 Å². The maximum absolute atomic E-state index is 12.6. The third kappa shape index (κ3) is 3.07. The largest absolute Gasteiger partial charge is 0.472 e. The number of anilines is 1. The summed E-state index contributed by atoms with van der Waals surface area (Å²) in [5.41, 5.74) is 4.90. The second kappa shape index (κ2) is 7.38. The Hall–Kier alpha value is -2.10. The van der Waals surface area contributed by atoms with Gasteiger partial charge in [0.2, 0.25) is 6.29 Å². The lowest BCUT2D eigenvalue weighted by atomic mass is 9.81. The zero-order valence-electron chi connectivity index (χ0n) is 15.6. The summed E-state index contributed by atoms with van der Waals surface area (Å²) in [5, 5.41) is 21.1. The van der Waals surface area contributed by atoms with Gasteiger partial charge in [-0.05, 0) is 41.1 Å². The SMILES string of the molecule is CC.C[C@]1(O)[C@@H](OC(=O)c2ccc(N)cc2Br)[C@H]2OC(=O)C3=COC(O)[C@H]1[C@@H]32. The summed E-state index contributed by atoms with van der Waals surface area (Å²) in [6.07, 6.45) is -2.27. The van der Waals surface area contributed by atoms with Gasteiger partial charge in [0.1, 0.15) is 11.7 Å². The lowest BCUT2D eigenvalue weighted by Gasteiger charge is -2.36. The first-order valence-electron chi connectivity index (χ1n) is 8.94. The van der Waals surface area contributed by atoms with Crippen LogP contribution in [0, 0.1) is 11.8 Å². The number of nitrogen functional groups attached to an aromatic ring is 1. The Morgan fingerprint density at radius 2 is 2.04 bits per heavy atom. The van der Waals surface area contributed by atoms with Crippen molar-refractivity contribution >= 4 is 33.6 Å². The molecule has 2 heterocycles. The molecule has 0 spiro atoms. The number of halogens is 1. The molecule has 2 fully saturated rings. The van der Waals surface area contributed by atoms with Crippen molar-refractivity contribution < 1.29 is 34.0 Å². The Morgan fingerprint density at radius 3 is 2.68 bits per heavy atom. The van der Waals surface area contributed by atoms with Crippen LogP contribution in [-0.4, -0.2) is 46.3 Å². The number of aliphatic hydroxyl groups is 2. The standard InChI is InChI=1S/C17H16BrNO7.C2H6/c1-17(23)11-10-8(5-24-16(11)22)15(21)25-12(10)13(17)26-14(20)7-3-2-6(19)4-9(7)18;1-2/h2-5,10-13,16,22-23H,19H2,1H3;1-2H3/t10-,11-,12+,13+,16?,17-;/m1./s1. The van der Waals surface area contributed by atoms with E-state index in [2.05, 4.69) is 15.9 Å². The van der Waals surface area contributed by atoms with E-state index in [0.29, 0.717) is 10.2 Å². The van der Waals surface area contributed by atoms with E-state index in [9.17, 15) is 19.8 Å². The lowest BCUT2D eigenvalue weighted by molar-refractivity contribution is -0.182. The van der Waals surface area contributed by atoms with Gasteiger partial charge in [0.05, 0.1) is 23.3 Å².